The van der Waals surface area contributed by atoms with Crippen molar-refractivity contribution in [3.63, 3.8) is 0 Å². The SMILES string of the molecule is CCCCNC(=O)Oc1cccc(C(F)(F)F)c1. The molecule has 1 aromatic rings. The molecule has 100 valence electrons. The van der Waals surface area contributed by atoms with E-state index in [4.69, 9.17) is 4.74 Å². The first kappa shape index (κ1) is 14.3. The van der Waals surface area contributed by atoms with Crippen molar-refractivity contribution in [2.45, 2.75) is 25.9 Å². The van der Waals surface area contributed by atoms with Gasteiger partial charge < -0.3 is 10.1 Å². The lowest BCUT2D eigenvalue weighted by Crippen LogP contribution is -2.27. The molecule has 0 saturated heterocycles. The quantitative estimate of drug-likeness (QED) is 0.841. The van der Waals surface area contributed by atoms with Crippen molar-refractivity contribution in [3.8, 4) is 5.75 Å². The first-order chi connectivity index (χ1) is 8.43. The second-order valence-corrected chi connectivity index (χ2v) is 3.70. The van der Waals surface area contributed by atoms with Gasteiger partial charge in [-0.15, -0.1) is 0 Å². The zero-order chi connectivity index (χ0) is 13.6. The maximum absolute atomic E-state index is 12.4. The van der Waals surface area contributed by atoms with Crippen LogP contribution < -0.4 is 10.1 Å². The molecule has 0 heterocycles. The Labute approximate surface area is 103 Å². The van der Waals surface area contributed by atoms with Gasteiger partial charge in [-0.05, 0) is 24.6 Å². The molecule has 1 N–H and O–H groups in total. The molecule has 0 unspecified atom stereocenters. The van der Waals surface area contributed by atoms with Gasteiger partial charge in [0.1, 0.15) is 5.75 Å². The second kappa shape index (κ2) is 6.28. The van der Waals surface area contributed by atoms with Gasteiger partial charge in [-0.2, -0.15) is 13.2 Å². The van der Waals surface area contributed by atoms with Crippen LogP contribution in [0.2, 0.25) is 0 Å². The molecule has 1 aromatic carbocycles. The monoisotopic (exact) mass is 261 g/mol. The first-order valence-corrected chi connectivity index (χ1v) is 5.56. The number of halogens is 3. The van der Waals surface area contributed by atoms with Gasteiger partial charge in [0, 0.05) is 6.54 Å². The molecule has 0 aliphatic carbocycles. The van der Waals surface area contributed by atoms with Gasteiger partial charge in [-0.1, -0.05) is 19.4 Å². The summed E-state index contributed by atoms with van der Waals surface area (Å²) in [7, 11) is 0. The van der Waals surface area contributed by atoms with Crippen molar-refractivity contribution in [1.82, 2.24) is 5.32 Å². The van der Waals surface area contributed by atoms with E-state index in [2.05, 4.69) is 5.32 Å². The molecule has 0 bridgehead atoms. The fourth-order valence-corrected chi connectivity index (χ4v) is 1.25. The zero-order valence-electron chi connectivity index (χ0n) is 9.88. The second-order valence-electron chi connectivity index (χ2n) is 3.70. The number of hydrogen-bond donors (Lipinski definition) is 1. The molecule has 0 radical (unpaired) electrons. The van der Waals surface area contributed by atoms with Crippen LogP contribution in [0.3, 0.4) is 0 Å². The van der Waals surface area contributed by atoms with E-state index in [0.717, 1.165) is 25.0 Å². The topological polar surface area (TPSA) is 38.3 Å². The number of alkyl halides is 3. The predicted octanol–water partition coefficient (Wildman–Crippen LogP) is 3.59. The smallest absolute Gasteiger partial charge is 0.410 e. The molecule has 0 aromatic heterocycles. The Balaban J connectivity index is 2.60. The van der Waals surface area contributed by atoms with Gasteiger partial charge in [-0.25, -0.2) is 4.79 Å². The van der Waals surface area contributed by atoms with Gasteiger partial charge in [0.2, 0.25) is 0 Å². The lowest BCUT2D eigenvalue weighted by molar-refractivity contribution is -0.137. The third kappa shape index (κ3) is 4.65. The molecule has 6 heteroatoms. The highest BCUT2D eigenvalue weighted by Crippen LogP contribution is 2.31. The van der Waals surface area contributed by atoms with E-state index in [1.807, 2.05) is 6.92 Å². The van der Waals surface area contributed by atoms with Crippen LogP contribution in [0, 0.1) is 0 Å². The standard InChI is InChI=1S/C12H14F3NO2/c1-2-3-7-16-11(17)18-10-6-4-5-9(8-10)12(13,14)15/h4-6,8H,2-3,7H2,1H3,(H,16,17). The minimum absolute atomic E-state index is 0.126. The summed E-state index contributed by atoms with van der Waals surface area (Å²) in [5.41, 5.74) is -0.846. The van der Waals surface area contributed by atoms with E-state index in [1.165, 1.54) is 12.1 Å². The average molecular weight is 261 g/mol. The zero-order valence-corrected chi connectivity index (χ0v) is 9.88. The van der Waals surface area contributed by atoms with Crippen molar-refractivity contribution in [3.05, 3.63) is 29.8 Å². The van der Waals surface area contributed by atoms with Crippen molar-refractivity contribution in [2.75, 3.05) is 6.54 Å². The Morgan fingerprint density at radius 1 is 1.39 bits per heavy atom. The number of nitrogens with one attached hydrogen (secondary N) is 1. The van der Waals surface area contributed by atoms with E-state index in [1.54, 1.807) is 0 Å². The average Bonchev–Trinajstić information content (AvgIpc) is 2.28. The van der Waals surface area contributed by atoms with Crippen LogP contribution in [0.15, 0.2) is 24.3 Å². The Kier molecular flexibility index (Phi) is 5.00. The fourth-order valence-electron chi connectivity index (χ4n) is 1.25. The van der Waals surface area contributed by atoms with E-state index < -0.39 is 17.8 Å². The fraction of sp³-hybridized carbons (Fsp3) is 0.417. The van der Waals surface area contributed by atoms with Crippen molar-refractivity contribution < 1.29 is 22.7 Å². The van der Waals surface area contributed by atoms with Crippen LogP contribution in [-0.4, -0.2) is 12.6 Å². The summed E-state index contributed by atoms with van der Waals surface area (Å²) in [5.74, 6) is -0.126. The third-order valence-corrected chi connectivity index (χ3v) is 2.17. The van der Waals surface area contributed by atoms with Crippen LogP contribution in [-0.2, 0) is 6.18 Å². The molecule has 1 rings (SSSR count). The summed E-state index contributed by atoms with van der Waals surface area (Å²) in [5, 5.41) is 2.45. The molecule has 3 nitrogen and oxygen atoms in total. The lowest BCUT2D eigenvalue weighted by atomic mass is 10.2. The number of unbranched alkanes of at least 4 members (excludes halogenated alkanes) is 1. The highest BCUT2D eigenvalue weighted by atomic mass is 19.4. The number of ether oxygens (including phenoxy) is 1. The van der Waals surface area contributed by atoms with E-state index in [0.29, 0.717) is 6.54 Å². The van der Waals surface area contributed by atoms with Gasteiger partial charge in [0.05, 0.1) is 5.56 Å². The summed E-state index contributed by atoms with van der Waals surface area (Å²) in [6.45, 7) is 2.40. The Bertz CT molecular complexity index is 405. The lowest BCUT2D eigenvalue weighted by Gasteiger charge is -2.09. The molecule has 0 spiro atoms. The number of carbonyl (C=O) groups is 1. The van der Waals surface area contributed by atoms with Crippen molar-refractivity contribution >= 4 is 6.09 Å². The van der Waals surface area contributed by atoms with Crippen LogP contribution in [0.25, 0.3) is 0 Å². The van der Waals surface area contributed by atoms with Crippen LogP contribution in [0.5, 0.6) is 5.75 Å². The Morgan fingerprint density at radius 2 is 2.11 bits per heavy atom. The summed E-state index contributed by atoms with van der Waals surface area (Å²) in [4.78, 5) is 11.2. The highest BCUT2D eigenvalue weighted by molar-refractivity contribution is 5.70. The van der Waals surface area contributed by atoms with Crippen LogP contribution >= 0.6 is 0 Å². The maximum atomic E-state index is 12.4. The third-order valence-electron chi connectivity index (χ3n) is 2.17. The van der Waals surface area contributed by atoms with E-state index in [-0.39, 0.29) is 5.75 Å². The summed E-state index contributed by atoms with van der Waals surface area (Å²) in [6.07, 6.45) is -3.50. The van der Waals surface area contributed by atoms with Crippen LogP contribution in [0.1, 0.15) is 25.3 Å². The van der Waals surface area contributed by atoms with E-state index in [9.17, 15) is 18.0 Å². The highest BCUT2D eigenvalue weighted by Gasteiger charge is 2.30. The predicted molar refractivity (Wildman–Crippen MR) is 60.4 cm³/mol. The molecular weight excluding hydrogens is 247 g/mol. The number of amides is 1. The maximum Gasteiger partial charge on any atom is 0.416 e. The van der Waals surface area contributed by atoms with E-state index >= 15 is 0 Å². The van der Waals surface area contributed by atoms with Gasteiger partial charge in [0.15, 0.2) is 0 Å². The number of rotatable bonds is 4. The van der Waals surface area contributed by atoms with Crippen molar-refractivity contribution in [2.24, 2.45) is 0 Å². The summed E-state index contributed by atoms with van der Waals surface area (Å²) >= 11 is 0. The molecule has 1 amide bonds. The molecular formula is C12H14F3NO2. The summed E-state index contributed by atoms with van der Waals surface area (Å²) in [6, 6.07) is 4.20. The minimum atomic E-state index is -4.45. The molecule has 0 atom stereocenters. The molecule has 0 saturated carbocycles. The normalized spacial score (nSPS) is 11.1. The first-order valence-electron chi connectivity index (χ1n) is 5.56. The molecule has 0 aliphatic heterocycles. The van der Waals surface area contributed by atoms with Gasteiger partial charge >= 0.3 is 12.3 Å². The molecule has 0 fully saturated rings. The minimum Gasteiger partial charge on any atom is -0.410 e. The summed E-state index contributed by atoms with van der Waals surface area (Å²) < 4.78 is 41.9. The number of hydrogen-bond acceptors (Lipinski definition) is 2. The molecule has 18 heavy (non-hydrogen) atoms. The van der Waals surface area contributed by atoms with Gasteiger partial charge in [-0.3, -0.25) is 0 Å². The van der Waals surface area contributed by atoms with Gasteiger partial charge in [0.25, 0.3) is 0 Å². The Morgan fingerprint density at radius 3 is 2.72 bits per heavy atom. The van der Waals surface area contributed by atoms with Crippen molar-refractivity contribution in [1.29, 1.82) is 0 Å². The van der Waals surface area contributed by atoms with Crippen LogP contribution in [0.4, 0.5) is 18.0 Å². The number of benzene rings is 1. The number of carbonyl (C=O) groups excluding carboxylic acids is 1. The largest absolute Gasteiger partial charge is 0.416 e. The Hall–Kier alpha value is -1.72. The molecule has 0 aliphatic rings.